The number of nitrogens with zero attached hydrogens (tertiary/aromatic N) is 2. The average molecular weight is 411 g/mol. The molecule has 1 amide bonds. The van der Waals surface area contributed by atoms with Gasteiger partial charge in [-0.3, -0.25) is 4.79 Å². The number of sulfonamides is 1. The Labute approximate surface area is 165 Å². The number of ether oxygens (including phenoxy) is 1. The zero-order chi connectivity index (χ0) is 19.9. The summed E-state index contributed by atoms with van der Waals surface area (Å²) in [6.45, 7) is 5.81. The van der Waals surface area contributed by atoms with Crippen LogP contribution in [0.4, 0.5) is 0 Å². The number of rotatable bonds is 10. The SMILES string of the molecule is CCN(CC)S(=O)(=O)c1ccc(C(=O)N(CCOC)Cc2ccsc2)cc1. The van der Waals surface area contributed by atoms with E-state index in [2.05, 4.69) is 0 Å². The molecule has 0 radical (unpaired) electrons. The van der Waals surface area contributed by atoms with Crippen LogP contribution in [-0.2, 0) is 21.3 Å². The fourth-order valence-electron chi connectivity index (χ4n) is 2.72. The Kier molecular flexibility index (Phi) is 7.97. The van der Waals surface area contributed by atoms with Crippen molar-refractivity contribution in [2.45, 2.75) is 25.3 Å². The molecular weight excluding hydrogens is 384 g/mol. The van der Waals surface area contributed by atoms with Crippen LogP contribution in [0.25, 0.3) is 0 Å². The van der Waals surface area contributed by atoms with Crippen LogP contribution in [0.15, 0.2) is 46.0 Å². The number of carbonyl (C=O) groups excluding carboxylic acids is 1. The molecule has 148 valence electrons. The molecule has 0 saturated heterocycles. The van der Waals surface area contributed by atoms with Crippen LogP contribution in [0.5, 0.6) is 0 Å². The highest BCUT2D eigenvalue weighted by Gasteiger charge is 2.22. The summed E-state index contributed by atoms with van der Waals surface area (Å²) in [6, 6.07) is 8.13. The molecule has 1 heterocycles. The van der Waals surface area contributed by atoms with Gasteiger partial charge in [0.15, 0.2) is 0 Å². The Morgan fingerprint density at radius 3 is 2.30 bits per heavy atom. The molecule has 6 nitrogen and oxygen atoms in total. The van der Waals surface area contributed by atoms with Crippen molar-refractivity contribution >= 4 is 27.3 Å². The minimum Gasteiger partial charge on any atom is -0.383 e. The van der Waals surface area contributed by atoms with E-state index in [-0.39, 0.29) is 10.8 Å². The standard InChI is InChI=1S/C19H26N2O4S2/c1-4-21(5-2)27(23,24)18-8-6-17(7-9-18)19(22)20(11-12-25-3)14-16-10-13-26-15-16/h6-10,13,15H,4-5,11-12,14H2,1-3H3. The van der Waals surface area contributed by atoms with E-state index in [1.807, 2.05) is 16.8 Å². The second kappa shape index (κ2) is 9.98. The van der Waals surface area contributed by atoms with Gasteiger partial charge in [0.1, 0.15) is 0 Å². The maximum atomic E-state index is 12.9. The van der Waals surface area contributed by atoms with Crippen molar-refractivity contribution in [3.63, 3.8) is 0 Å². The maximum absolute atomic E-state index is 12.9. The highest BCUT2D eigenvalue weighted by atomic mass is 32.2. The van der Waals surface area contributed by atoms with Gasteiger partial charge in [-0.2, -0.15) is 15.6 Å². The van der Waals surface area contributed by atoms with E-state index in [0.717, 1.165) is 5.56 Å². The third-order valence-corrected chi connectivity index (χ3v) is 7.05. The summed E-state index contributed by atoms with van der Waals surface area (Å²) in [5.74, 6) is -0.148. The largest absolute Gasteiger partial charge is 0.383 e. The fourth-order valence-corrected chi connectivity index (χ4v) is 4.84. The van der Waals surface area contributed by atoms with Gasteiger partial charge in [-0.05, 0) is 46.7 Å². The third kappa shape index (κ3) is 5.38. The molecule has 0 spiro atoms. The molecule has 0 atom stereocenters. The van der Waals surface area contributed by atoms with Crippen LogP contribution in [0.2, 0.25) is 0 Å². The summed E-state index contributed by atoms with van der Waals surface area (Å²) >= 11 is 1.58. The Morgan fingerprint density at radius 2 is 1.78 bits per heavy atom. The first-order valence-electron chi connectivity index (χ1n) is 8.83. The van der Waals surface area contributed by atoms with E-state index < -0.39 is 10.0 Å². The molecular formula is C19H26N2O4S2. The van der Waals surface area contributed by atoms with Gasteiger partial charge in [0.2, 0.25) is 10.0 Å². The van der Waals surface area contributed by atoms with Crippen molar-refractivity contribution in [2.24, 2.45) is 0 Å². The Morgan fingerprint density at radius 1 is 1.11 bits per heavy atom. The van der Waals surface area contributed by atoms with Crippen LogP contribution < -0.4 is 0 Å². The van der Waals surface area contributed by atoms with E-state index in [1.165, 1.54) is 16.4 Å². The van der Waals surface area contributed by atoms with E-state index in [4.69, 9.17) is 4.74 Å². The molecule has 2 rings (SSSR count). The number of amides is 1. The first-order chi connectivity index (χ1) is 12.9. The van der Waals surface area contributed by atoms with Gasteiger partial charge < -0.3 is 9.64 Å². The lowest BCUT2D eigenvalue weighted by Gasteiger charge is -2.22. The number of thiophene rings is 1. The van der Waals surface area contributed by atoms with Crippen molar-refractivity contribution < 1.29 is 17.9 Å². The molecule has 27 heavy (non-hydrogen) atoms. The van der Waals surface area contributed by atoms with E-state index >= 15 is 0 Å². The lowest BCUT2D eigenvalue weighted by molar-refractivity contribution is 0.0680. The zero-order valence-corrected chi connectivity index (χ0v) is 17.6. The monoisotopic (exact) mass is 410 g/mol. The Bertz CT molecular complexity index is 814. The minimum absolute atomic E-state index is 0.148. The van der Waals surface area contributed by atoms with Gasteiger partial charge in [0.05, 0.1) is 11.5 Å². The molecule has 0 aliphatic carbocycles. The molecule has 0 saturated carbocycles. The Balaban J connectivity index is 2.21. The van der Waals surface area contributed by atoms with Crippen molar-refractivity contribution in [2.75, 3.05) is 33.4 Å². The number of benzene rings is 1. The van der Waals surface area contributed by atoms with Crippen LogP contribution in [-0.4, -0.2) is 56.9 Å². The molecule has 0 unspecified atom stereocenters. The molecule has 0 N–H and O–H groups in total. The predicted molar refractivity (Wildman–Crippen MR) is 107 cm³/mol. The second-order valence-electron chi connectivity index (χ2n) is 5.96. The fraction of sp³-hybridized carbons (Fsp3) is 0.421. The summed E-state index contributed by atoms with van der Waals surface area (Å²) < 4.78 is 31.7. The quantitative estimate of drug-likeness (QED) is 0.604. The third-order valence-electron chi connectivity index (χ3n) is 4.25. The molecule has 1 aromatic carbocycles. The molecule has 2 aromatic rings. The van der Waals surface area contributed by atoms with E-state index in [9.17, 15) is 13.2 Å². The molecule has 1 aromatic heterocycles. The average Bonchev–Trinajstić information content (AvgIpc) is 3.18. The number of methoxy groups -OCH3 is 1. The summed E-state index contributed by atoms with van der Waals surface area (Å²) in [5.41, 5.74) is 1.52. The normalized spacial score (nSPS) is 11.7. The van der Waals surface area contributed by atoms with Crippen molar-refractivity contribution in [1.29, 1.82) is 0 Å². The number of carbonyl (C=O) groups is 1. The molecule has 0 aliphatic heterocycles. The zero-order valence-electron chi connectivity index (χ0n) is 15.9. The topological polar surface area (TPSA) is 66.9 Å². The van der Waals surface area contributed by atoms with Gasteiger partial charge in [-0.15, -0.1) is 0 Å². The molecule has 0 bridgehead atoms. The number of hydrogen-bond donors (Lipinski definition) is 0. The smallest absolute Gasteiger partial charge is 0.254 e. The summed E-state index contributed by atoms with van der Waals surface area (Å²) in [4.78, 5) is 14.8. The second-order valence-corrected chi connectivity index (χ2v) is 8.68. The summed E-state index contributed by atoms with van der Waals surface area (Å²) in [6.07, 6.45) is 0. The van der Waals surface area contributed by atoms with Gasteiger partial charge in [0, 0.05) is 38.9 Å². The molecule has 0 fully saturated rings. The first-order valence-corrected chi connectivity index (χ1v) is 11.2. The molecule has 0 aliphatic rings. The van der Waals surface area contributed by atoms with E-state index in [0.29, 0.717) is 38.3 Å². The lowest BCUT2D eigenvalue weighted by atomic mass is 10.2. The lowest BCUT2D eigenvalue weighted by Crippen LogP contribution is -2.33. The predicted octanol–water partition coefficient (Wildman–Crippen LogP) is 3.07. The maximum Gasteiger partial charge on any atom is 0.254 e. The van der Waals surface area contributed by atoms with Gasteiger partial charge in [0.25, 0.3) is 5.91 Å². The highest BCUT2D eigenvalue weighted by Crippen LogP contribution is 2.18. The minimum atomic E-state index is -3.53. The van der Waals surface area contributed by atoms with Crippen molar-refractivity contribution in [1.82, 2.24) is 9.21 Å². The van der Waals surface area contributed by atoms with Gasteiger partial charge in [-0.1, -0.05) is 13.8 Å². The van der Waals surface area contributed by atoms with E-state index in [1.54, 1.807) is 49.3 Å². The summed E-state index contributed by atoms with van der Waals surface area (Å²) in [7, 11) is -1.93. The van der Waals surface area contributed by atoms with Crippen molar-refractivity contribution in [3.05, 3.63) is 52.2 Å². The number of hydrogen-bond acceptors (Lipinski definition) is 5. The highest BCUT2D eigenvalue weighted by molar-refractivity contribution is 7.89. The molecule has 8 heteroatoms. The first kappa shape index (κ1) is 21.6. The Hall–Kier alpha value is -1.74. The van der Waals surface area contributed by atoms with Gasteiger partial charge >= 0.3 is 0 Å². The van der Waals surface area contributed by atoms with Crippen LogP contribution >= 0.6 is 11.3 Å². The van der Waals surface area contributed by atoms with Crippen LogP contribution in [0.3, 0.4) is 0 Å². The van der Waals surface area contributed by atoms with Crippen LogP contribution in [0, 0.1) is 0 Å². The van der Waals surface area contributed by atoms with Crippen LogP contribution in [0.1, 0.15) is 29.8 Å². The van der Waals surface area contributed by atoms with Crippen molar-refractivity contribution in [3.8, 4) is 0 Å². The van der Waals surface area contributed by atoms with Gasteiger partial charge in [-0.25, -0.2) is 8.42 Å². The summed E-state index contributed by atoms with van der Waals surface area (Å²) in [5, 5.41) is 3.98.